The molecule has 0 radical (unpaired) electrons. The maximum absolute atomic E-state index is 11.0. The van der Waals surface area contributed by atoms with Gasteiger partial charge >= 0.3 is 5.97 Å². The molecular weight excluding hydrogens is 256 g/mol. The summed E-state index contributed by atoms with van der Waals surface area (Å²) in [5.41, 5.74) is 0.877. The molecule has 20 heavy (non-hydrogen) atoms. The van der Waals surface area contributed by atoms with Gasteiger partial charge in [0.2, 0.25) is 0 Å². The Morgan fingerprint density at radius 2 is 1.35 bits per heavy atom. The number of phenols is 1. The van der Waals surface area contributed by atoms with Gasteiger partial charge in [-0.2, -0.15) is 0 Å². The zero-order chi connectivity index (χ0) is 15.9. The number of rotatable bonds is 2. The van der Waals surface area contributed by atoms with Crippen LogP contribution in [0.4, 0.5) is 0 Å². The lowest BCUT2D eigenvalue weighted by Crippen LogP contribution is -2.20. The predicted molar refractivity (Wildman–Crippen MR) is 78.1 cm³/mol. The van der Waals surface area contributed by atoms with Gasteiger partial charge in [-0.1, -0.05) is 41.5 Å². The Labute approximate surface area is 120 Å². The molecule has 0 heterocycles. The molecule has 1 aromatic rings. The van der Waals surface area contributed by atoms with E-state index in [0.717, 1.165) is 0 Å². The molecule has 1 atom stereocenters. The molecule has 3 N–H and O–H groups in total. The number of carboxylic acid groups (broad SMARTS) is 1. The fourth-order valence-electron chi connectivity index (χ4n) is 2.10. The summed E-state index contributed by atoms with van der Waals surface area (Å²) in [6.07, 6.45) is -1.59. The third-order valence-electron chi connectivity index (χ3n) is 3.30. The molecule has 0 saturated carbocycles. The minimum atomic E-state index is -1.59. The summed E-state index contributed by atoms with van der Waals surface area (Å²) in [4.78, 5) is 11.0. The van der Waals surface area contributed by atoms with Crippen molar-refractivity contribution in [3.05, 3.63) is 28.8 Å². The van der Waals surface area contributed by atoms with E-state index < -0.39 is 12.1 Å². The molecule has 0 amide bonds. The fraction of sp³-hybridized carbons (Fsp3) is 0.562. The second-order valence-electron chi connectivity index (χ2n) is 7.21. The number of carboxylic acids is 1. The Kier molecular flexibility index (Phi) is 4.20. The second-order valence-corrected chi connectivity index (χ2v) is 7.21. The van der Waals surface area contributed by atoms with E-state index in [1.54, 1.807) is 12.1 Å². The monoisotopic (exact) mass is 280 g/mol. The van der Waals surface area contributed by atoms with Gasteiger partial charge in [-0.05, 0) is 39.7 Å². The first kappa shape index (κ1) is 16.5. The van der Waals surface area contributed by atoms with E-state index in [2.05, 4.69) is 0 Å². The number of benzene rings is 1. The Morgan fingerprint density at radius 3 is 1.60 bits per heavy atom. The van der Waals surface area contributed by atoms with Crippen LogP contribution in [0.3, 0.4) is 0 Å². The molecule has 0 aliphatic heterocycles. The molecule has 0 spiro atoms. The first-order valence-electron chi connectivity index (χ1n) is 6.64. The fourth-order valence-corrected chi connectivity index (χ4v) is 2.10. The van der Waals surface area contributed by atoms with Gasteiger partial charge in [-0.25, -0.2) is 4.79 Å². The summed E-state index contributed by atoms with van der Waals surface area (Å²) in [5.74, 6) is -1.12. The van der Waals surface area contributed by atoms with Gasteiger partial charge in [0, 0.05) is 0 Å². The Bertz CT molecular complexity index is 483. The van der Waals surface area contributed by atoms with Gasteiger partial charge in [-0.3, -0.25) is 0 Å². The topological polar surface area (TPSA) is 77.8 Å². The van der Waals surface area contributed by atoms with Crippen LogP contribution in [0.1, 0.15) is 64.3 Å². The molecule has 112 valence electrons. The average Bonchev–Trinajstić information content (AvgIpc) is 2.24. The van der Waals surface area contributed by atoms with Crippen molar-refractivity contribution < 1.29 is 20.1 Å². The highest BCUT2D eigenvalue weighted by Gasteiger charge is 2.29. The molecule has 0 aromatic heterocycles. The van der Waals surface area contributed by atoms with Crippen LogP contribution in [-0.2, 0) is 15.6 Å². The molecule has 1 rings (SSSR count). The van der Waals surface area contributed by atoms with Crippen molar-refractivity contribution in [2.24, 2.45) is 0 Å². The van der Waals surface area contributed by atoms with Crippen molar-refractivity contribution >= 4 is 5.97 Å². The summed E-state index contributed by atoms with van der Waals surface area (Å²) in [5, 5.41) is 29.2. The maximum Gasteiger partial charge on any atom is 0.337 e. The van der Waals surface area contributed by atoms with E-state index in [-0.39, 0.29) is 16.6 Å². The number of hydrogen-bond donors (Lipinski definition) is 3. The van der Waals surface area contributed by atoms with E-state index in [4.69, 9.17) is 5.11 Å². The second kappa shape index (κ2) is 5.09. The molecule has 4 nitrogen and oxygen atoms in total. The van der Waals surface area contributed by atoms with Crippen molar-refractivity contribution in [3.8, 4) is 5.75 Å². The van der Waals surface area contributed by atoms with Crippen molar-refractivity contribution in [2.45, 2.75) is 58.5 Å². The van der Waals surface area contributed by atoms with Gasteiger partial charge in [0.1, 0.15) is 5.75 Å². The van der Waals surface area contributed by atoms with Crippen LogP contribution in [-0.4, -0.2) is 21.3 Å². The standard InChI is InChI=1S/C16H24O4/c1-15(2,3)10-7-9(12(17)14(19)20)8-11(13(10)18)16(4,5)6/h7-8,12,17-18H,1-6H3,(H,19,20)/t12-/m1/s1. The Hall–Kier alpha value is -1.55. The normalized spacial score (nSPS) is 14.2. The molecule has 0 bridgehead atoms. The van der Waals surface area contributed by atoms with Crippen molar-refractivity contribution in [2.75, 3.05) is 0 Å². The van der Waals surface area contributed by atoms with Crippen LogP contribution in [0.5, 0.6) is 5.75 Å². The number of phenolic OH excluding ortho intramolecular Hbond substituents is 1. The minimum Gasteiger partial charge on any atom is -0.507 e. The molecule has 0 aliphatic rings. The van der Waals surface area contributed by atoms with Gasteiger partial charge in [0.05, 0.1) is 0 Å². The molecule has 1 aromatic carbocycles. The highest BCUT2D eigenvalue weighted by Crippen LogP contribution is 2.40. The highest BCUT2D eigenvalue weighted by molar-refractivity contribution is 5.74. The number of aliphatic hydroxyl groups is 1. The van der Waals surface area contributed by atoms with Gasteiger partial charge in [0.15, 0.2) is 6.10 Å². The van der Waals surface area contributed by atoms with Crippen molar-refractivity contribution in [3.63, 3.8) is 0 Å². The van der Waals surface area contributed by atoms with E-state index in [1.165, 1.54) is 0 Å². The molecule has 0 aliphatic carbocycles. The van der Waals surface area contributed by atoms with Gasteiger partial charge < -0.3 is 15.3 Å². The molecule has 4 heteroatoms. The molecule has 0 saturated heterocycles. The average molecular weight is 280 g/mol. The van der Waals surface area contributed by atoms with Crippen LogP contribution >= 0.6 is 0 Å². The van der Waals surface area contributed by atoms with Crippen LogP contribution in [0.25, 0.3) is 0 Å². The maximum atomic E-state index is 11.0. The summed E-state index contributed by atoms with van der Waals surface area (Å²) in [6, 6.07) is 3.15. The zero-order valence-electron chi connectivity index (χ0n) is 13.0. The van der Waals surface area contributed by atoms with Crippen LogP contribution < -0.4 is 0 Å². The first-order valence-corrected chi connectivity index (χ1v) is 6.64. The number of aromatic hydroxyl groups is 1. The summed E-state index contributed by atoms with van der Waals surface area (Å²) >= 11 is 0. The zero-order valence-corrected chi connectivity index (χ0v) is 13.0. The Morgan fingerprint density at radius 1 is 1.00 bits per heavy atom. The van der Waals surface area contributed by atoms with Crippen LogP contribution in [0, 0.1) is 0 Å². The van der Waals surface area contributed by atoms with Crippen molar-refractivity contribution in [1.82, 2.24) is 0 Å². The lowest BCUT2D eigenvalue weighted by molar-refractivity contribution is -0.146. The van der Waals surface area contributed by atoms with Gasteiger partial charge in [-0.15, -0.1) is 0 Å². The van der Waals surface area contributed by atoms with Crippen LogP contribution in [0.2, 0.25) is 0 Å². The van der Waals surface area contributed by atoms with Crippen LogP contribution in [0.15, 0.2) is 12.1 Å². The Balaban J connectivity index is 3.63. The molecule has 0 unspecified atom stereocenters. The number of aliphatic carboxylic acids is 1. The van der Waals surface area contributed by atoms with E-state index in [1.807, 2.05) is 41.5 Å². The quantitative estimate of drug-likeness (QED) is 0.778. The lowest BCUT2D eigenvalue weighted by Gasteiger charge is -2.28. The first-order chi connectivity index (χ1) is 8.85. The smallest absolute Gasteiger partial charge is 0.337 e. The predicted octanol–water partition coefficient (Wildman–Crippen LogP) is 3.11. The number of carbonyl (C=O) groups is 1. The van der Waals surface area contributed by atoms with E-state index in [9.17, 15) is 15.0 Å². The number of aliphatic hydroxyl groups excluding tert-OH is 1. The third-order valence-corrected chi connectivity index (χ3v) is 3.30. The summed E-state index contributed by atoms with van der Waals surface area (Å²) in [6.45, 7) is 11.6. The SMILES string of the molecule is CC(C)(C)c1cc([C@@H](O)C(=O)O)cc(C(C)(C)C)c1O. The largest absolute Gasteiger partial charge is 0.507 e. The van der Waals surface area contributed by atoms with E-state index >= 15 is 0 Å². The minimum absolute atomic E-state index is 0.173. The third kappa shape index (κ3) is 3.31. The highest BCUT2D eigenvalue weighted by atomic mass is 16.4. The summed E-state index contributed by atoms with van der Waals surface area (Å²) < 4.78 is 0. The molecule has 0 fully saturated rings. The lowest BCUT2D eigenvalue weighted by atomic mass is 9.78. The van der Waals surface area contributed by atoms with E-state index in [0.29, 0.717) is 16.7 Å². The number of hydrogen-bond acceptors (Lipinski definition) is 3. The summed E-state index contributed by atoms with van der Waals surface area (Å²) in [7, 11) is 0. The van der Waals surface area contributed by atoms with Crippen molar-refractivity contribution in [1.29, 1.82) is 0 Å². The van der Waals surface area contributed by atoms with Gasteiger partial charge in [0.25, 0.3) is 0 Å². The molecular formula is C16H24O4.